The van der Waals surface area contributed by atoms with Crippen LogP contribution in [0.4, 0.5) is 0 Å². The summed E-state index contributed by atoms with van der Waals surface area (Å²) < 4.78 is 27.2. The first kappa shape index (κ1) is 30.3. The number of hydrogen-bond acceptors (Lipinski definition) is 12. The van der Waals surface area contributed by atoms with E-state index in [1.54, 1.807) is 6.08 Å². The topological polar surface area (TPSA) is 195 Å². The summed E-state index contributed by atoms with van der Waals surface area (Å²) in [7, 11) is 3.51. The van der Waals surface area contributed by atoms with E-state index < -0.39 is 78.4 Å². The fraction of sp³-hybridized carbons (Fsp3) is 0.552. The fourth-order valence-electron chi connectivity index (χ4n) is 6.85. The third-order valence-corrected chi connectivity index (χ3v) is 8.86. The predicted molar refractivity (Wildman–Crippen MR) is 142 cm³/mol. The van der Waals surface area contributed by atoms with Gasteiger partial charge in [0, 0.05) is 18.0 Å². The van der Waals surface area contributed by atoms with Crippen molar-refractivity contribution < 1.29 is 63.0 Å². The summed E-state index contributed by atoms with van der Waals surface area (Å²) in [5.41, 5.74) is -0.123. The first-order chi connectivity index (χ1) is 20.3. The molecule has 4 aliphatic rings. The summed E-state index contributed by atoms with van der Waals surface area (Å²) in [6.45, 7) is 1.82. The maximum absolute atomic E-state index is 12.9. The molecule has 0 amide bonds. The van der Waals surface area contributed by atoms with Crippen LogP contribution in [-0.4, -0.2) is 101 Å². The number of carboxylic acids is 2. The van der Waals surface area contributed by atoms with E-state index in [9.17, 15) is 29.1 Å². The van der Waals surface area contributed by atoms with Crippen LogP contribution in [0.3, 0.4) is 0 Å². The lowest BCUT2D eigenvalue weighted by atomic mass is 9.50. The van der Waals surface area contributed by atoms with E-state index in [4.69, 9.17) is 29.2 Å². The zero-order chi connectivity index (χ0) is 31.3. The summed E-state index contributed by atoms with van der Waals surface area (Å²) >= 11 is 0. The molecule has 2 heterocycles. The first-order valence-electron chi connectivity index (χ1n) is 13.9. The molecule has 2 aliphatic carbocycles. The smallest absolute Gasteiger partial charge is 0.348 e. The highest BCUT2D eigenvalue weighted by molar-refractivity contribution is 5.85. The molecule has 232 valence electrons. The van der Waals surface area contributed by atoms with Gasteiger partial charge in [0.25, 0.3) is 0 Å². The van der Waals surface area contributed by atoms with Gasteiger partial charge >= 0.3 is 29.8 Å². The number of carbonyl (C=O) groups excluding carboxylic acids is 3. The van der Waals surface area contributed by atoms with Gasteiger partial charge in [0.15, 0.2) is 23.7 Å². The Morgan fingerprint density at radius 1 is 1.12 bits per heavy atom. The van der Waals surface area contributed by atoms with Crippen molar-refractivity contribution in [3.05, 3.63) is 35.1 Å². The summed E-state index contributed by atoms with van der Waals surface area (Å²) in [5, 5.41) is 30.0. The van der Waals surface area contributed by atoms with Gasteiger partial charge in [-0.25, -0.2) is 9.59 Å². The van der Waals surface area contributed by atoms with Crippen molar-refractivity contribution in [3.63, 3.8) is 0 Å². The van der Waals surface area contributed by atoms with Gasteiger partial charge in [-0.15, -0.1) is 0 Å². The Balaban J connectivity index is 1.24. The quantitative estimate of drug-likeness (QED) is 0.236. The van der Waals surface area contributed by atoms with Gasteiger partial charge in [0.2, 0.25) is 6.10 Å². The van der Waals surface area contributed by atoms with Gasteiger partial charge in [-0.2, -0.15) is 0 Å². The number of carboxylic acid groups (broad SMARTS) is 2. The molecular weight excluding hydrogens is 570 g/mol. The van der Waals surface area contributed by atoms with Crippen LogP contribution in [0.5, 0.6) is 11.5 Å². The molecule has 3 N–H and O–H groups in total. The number of aliphatic hydroxyl groups is 1. The molecule has 1 saturated heterocycles. The van der Waals surface area contributed by atoms with Gasteiger partial charge in [0.1, 0.15) is 5.76 Å². The predicted octanol–water partition coefficient (Wildman–Crippen LogP) is 0.699. The molecule has 0 saturated carbocycles. The highest BCUT2D eigenvalue weighted by atomic mass is 16.6. The van der Waals surface area contributed by atoms with E-state index in [1.165, 1.54) is 7.11 Å². The van der Waals surface area contributed by atoms with Crippen molar-refractivity contribution in [1.29, 1.82) is 0 Å². The fourth-order valence-corrected chi connectivity index (χ4v) is 6.85. The third-order valence-electron chi connectivity index (χ3n) is 8.86. The van der Waals surface area contributed by atoms with E-state index in [1.807, 2.05) is 19.2 Å². The van der Waals surface area contributed by atoms with Crippen LogP contribution in [0.2, 0.25) is 0 Å². The number of rotatable bonds is 11. The number of ether oxygens (including phenoxy) is 5. The second-order valence-corrected chi connectivity index (χ2v) is 11.3. The molecule has 1 fully saturated rings. The van der Waals surface area contributed by atoms with E-state index in [2.05, 4.69) is 9.64 Å². The minimum atomic E-state index is -1.95. The monoisotopic (exact) mass is 603 g/mol. The SMILES string of the molecule is COc1ccc2c3c1O[C@H]1C(OC(=O)CCC(=O)O[C@@H](C)C(=O)O[C@H](CC(=O)O)C(=O)O)=CC[C@@]4(O)[C@@H](C2)N(C)CC[C@]314. The van der Waals surface area contributed by atoms with Crippen LogP contribution in [0.25, 0.3) is 0 Å². The zero-order valence-corrected chi connectivity index (χ0v) is 23.9. The Morgan fingerprint density at radius 2 is 1.84 bits per heavy atom. The Bertz CT molecular complexity index is 1400. The zero-order valence-electron chi connectivity index (χ0n) is 23.9. The molecule has 14 heteroatoms. The van der Waals surface area contributed by atoms with Crippen LogP contribution in [0, 0.1) is 0 Å². The molecule has 1 spiro atoms. The average Bonchev–Trinajstić information content (AvgIpc) is 3.30. The number of esters is 3. The number of hydrogen-bond donors (Lipinski definition) is 3. The number of likely N-dealkylation sites (tertiary alicyclic amines) is 1. The van der Waals surface area contributed by atoms with Gasteiger partial charge in [-0.3, -0.25) is 14.4 Å². The summed E-state index contributed by atoms with van der Waals surface area (Å²) in [6.07, 6.45) is -3.08. The van der Waals surface area contributed by atoms with Crippen molar-refractivity contribution in [1.82, 2.24) is 4.90 Å². The molecule has 0 radical (unpaired) electrons. The second-order valence-electron chi connectivity index (χ2n) is 11.3. The van der Waals surface area contributed by atoms with Crippen LogP contribution in [0.15, 0.2) is 24.0 Å². The summed E-state index contributed by atoms with van der Waals surface area (Å²) in [6, 6.07) is 3.64. The third kappa shape index (κ3) is 4.97. The number of benzene rings is 1. The second kappa shape index (κ2) is 11.2. The van der Waals surface area contributed by atoms with Crippen molar-refractivity contribution in [2.75, 3.05) is 20.7 Å². The van der Waals surface area contributed by atoms with Crippen LogP contribution < -0.4 is 9.47 Å². The summed E-state index contributed by atoms with van der Waals surface area (Å²) in [5.74, 6) is -4.87. The van der Waals surface area contributed by atoms with Gasteiger partial charge in [-0.1, -0.05) is 6.07 Å². The van der Waals surface area contributed by atoms with E-state index in [0.717, 1.165) is 18.1 Å². The molecule has 43 heavy (non-hydrogen) atoms. The van der Waals surface area contributed by atoms with Crippen molar-refractivity contribution in [2.24, 2.45) is 0 Å². The number of piperidine rings is 1. The van der Waals surface area contributed by atoms with E-state index >= 15 is 0 Å². The maximum atomic E-state index is 12.9. The maximum Gasteiger partial charge on any atom is 0.348 e. The Morgan fingerprint density at radius 3 is 2.51 bits per heavy atom. The average molecular weight is 604 g/mol. The lowest BCUT2D eigenvalue weighted by Gasteiger charge is -2.61. The number of nitrogens with zero attached hydrogens (tertiary/aromatic N) is 1. The highest BCUT2D eigenvalue weighted by Crippen LogP contribution is 2.65. The van der Waals surface area contributed by atoms with Crippen LogP contribution in [0.1, 0.15) is 50.2 Å². The molecule has 1 aromatic carbocycles. The van der Waals surface area contributed by atoms with E-state index in [0.29, 0.717) is 30.9 Å². The summed E-state index contributed by atoms with van der Waals surface area (Å²) in [4.78, 5) is 61.3. The van der Waals surface area contributed by atoms with E-state index in [-0.39, 0.29) is 18.2 Å². The Kier molecular flexibility index (Phi) is 7.86. The standard InChI is InChI=1S/C29H33NO13/c1-14(27(37)42-18(26(35)36)13-20(31)32)40-21(33)6-7-22(34)41-17-8-9-29(38)19-12-15-4-5-16(39-3)24-23(15)28(29,25(17)43-24)10-11-30(19)2/h4-5,8,14,18-19,25,38H,6-7,9-13H2,1-3H3,(H,31,32)(H,35,36)/t14-,18+,19+,25-,28-,29+/m0/s1. The Hall–Kier alpha value is -4.17. The lowest BCUT2D eigenvalue weighted by molar-refractivity contribution is -0.178. The first-order valence-corrected chi connectivity index (χ1v) is 13.9. The molecule has 2 aliphatic heterocycles. The van der Waals surface area contributed by atoms with Crippen molar-refractivity contribution in [3.8, 4) is 11.5 Å². The van der Waals surface area contributed by atoms with Crippen molar-refractivity contribution in [2.45, 2.75) is 80.8 Å². The van der Waals surface area contributed by atoms with Crippen LogP contribution in [-0.2, 0) is 50.0 Å². The molecule has 0 unspecified atom stereocenters. The number of aliphatic carboxylic acids is 2. The number of likely N-dealkylation sites (N-methyl/N-ethyl adjacent to an activating group) is 1. The molecule has 14 nitrogen and oxygen atoms in total. The highest BCUT2D eigenvalue weighted by Gasteiger charge is 2.72. The molecular formula is C29H33NO13. The van der Waals surface area contributed by atoms with Crippen LogP contribution >= 0.6 is 0 Å². The number of methoxy groups -OCH3 is 1. The molecule has 2 bridgehead atoms. The minimum absolute atomic E-state index is 0.175. The van der Waals surface area contributed by atoms with Crippen molar-refractivity contribution >= 4 is 29.8 Å². The lowest BCUT2D eigenvalue weighted by Crippen LogP contribution is -2.74. The number of carbonyl (C=O) groups is 5. The molecule has 0 aromatic heterocycles. The normalized spacial score (nSPS) is 27.9. The molecule has 1 aromatic rings. The molecule has 6 atom stereocenters. The van der Waals surface area contributed by atoms with Gasteiger partial charge in [-0.05, 0) is 51.1 Å². The minimum Gasteiger partial charge on any atom is -0.493 e. The van der Waals surface area contributed by atoms with Gasteiger partial charge in [0.05, 0.1) is 37.4 Å². The Labute approximate surface area is 246 Å². The van der Waals surface area contributed by atoms with Gasteiger partial charge < -0.3 is 43.9 Å². The largest absolute Gasteiger partial charge is 0.493 e. The molecule has 5 rings (SSSR count).